The molecule has 0 saturated carbocycles. The van der Waals surface area contributed by atoms with Crippen molar-refractivity contribution in [1.29, 1.82) is 0 Å². The first kappa shape index (κ1) is 14.2. The Hall–Kier alpha value is -1.18. The van der Waals surface area contributed by atoms with Crippen molar-refractivity contribution in [1.82, 2.24) is 0 Å². The Kier molecular flexibility index (Phi) is 3.80. The largest absolute Gasteiger partial charge is 0.297 e. The monoisotopic (exact) mass is 302 g/mol. The number of hydrogen-bond donors (Lipinski definition) is 0. The molecule has 0 amide bonds. The van der Waals surface area contributed by atoms with E-state index in [1.165, 1.54) is 12.1 Å². The average molecular weight is 302 g/mol. The molecular formula is C12H14O5S2. The second-order valence-electron chi connectivity index (χ2n) is 4.35. The molecule has 0 spiro atoms. The van der Waals surface area contributed by atoms with Gasteiger partial charge in [-0.2, -0.15) is 8.42 Å². The van der Waals surface area contributed by atoms with Crippen LogP contribution in [0.1, 0.15) is 12.0 Å². The highest BCUT2D eigenvalue weighted by molar-refractivity contribution is 7.91. The second kappa shape index (κ2) is 5.07. The molecule has 1 atom stereocenters. The molecule has 1 aliphatic rings. The summed E-state index contributed by atoms with van der Waals surface area (Å²) in [5, 5.41) is 0. The predicted octanol–water partition coefficient (Wildman–Crippen LogP) is 1.22. The Morgan fingerprint density at radius 1 is 1.26 bits per heavy atom. The summed E-state index contributed by atoms with van der Waals surface area (Å²) in [6.07, 6.45) is 1.03. The molecule has 1 heterocycles. The molecule has 1 saturated heterocycles. The zero-order valence-corrected chi connectivity index (χ0v) is 11.8. The quantitative estimate of drug-likeness (QED) is 0.782. The van der Waals surface area contributed by atoms with Crippen molar-refractivity contribution in [3.05, 3.63) is 36.4 Å². The zero-order valence-electron chi connectivity index (χ0n) is 10.2. The zero-order chi connectivity index (χ0) is 14.1. The fourth-order valence-corrected chi connectivity index (χ4v) is 4.62. The highest BCUT2D eigenvalue weighted by Gasteiger charge is 2.32. The van der Waals surface area contributed by atoms with Gasteiger partial charge in [-0.25, -0.2) is 8.42 Å². The van der Waals surface area contributed by atoms with Crippen molar-refractivity contribution in [2.45, 2.75) is 17.4 Å². The summed E-state index contributed by atoms with van der Waals surface area (Å²) in [5.41, 5.74) is 0.794. The summed E-state index contributed by atoms with van der Waals surface area (Å²) >= 11 is 0. The van der Waals surface area contributed by atoms with Gasteiger partial charge >= 0.3 is 0 Å². The van der Waals surface area contributed by atoms with E-state index < -0.39 is 26.1 Å². The van der Waals surface area contributed by atoms with Crippen LogP contribution < -0.4 is 0 Å². The van der Waals surface area contributed by atoms with Crippen molar-refractivity contribution in [2.75, 3.05) is 11.5 Å². The van der Waals surface area contributed by atoms with Crippen LogP contribution in [0.3, 0.4) is 0 Å². The van der Waals surface area contributed by atoms with Crippen molar-refractivity contribution >= 4 is 26.0 Å². The summed E-state index contributed by atoms with van der Waals surface area (Å²) in [6, 6.07) is 6.04. The number of sulfone groups is 1. The molecule has 19 heavy (non-hydrogen) atoms. The van der Waals surface area contributed by atoms with Crippen molar-refractivity contribution in [3.63, 3.8) is 0 Å². The standard InChI is InChI=1S/C12H14O5S2/c1-2-10-3-5-12(6-4-10)19(15,16)17-11-7-8-18(13,14)9-11/h2-6,11H,1,7-9H2/t11-/m1/s1. The highest BCUT2D eigenvalue weighted by Crippen LogP contribution is 2.21. The van der Waals surface area contributed by atoms with Crippen molar-refractivity contribution < 1.29 is 21.0 Å². The fourth-order valence-electron chi connectivity index (χ4n) is 1.84. The molecule has 0 N–H and O–H groups in total. The third-order valence-corrected chi connectivity index (χ3v) is 5.97. The van der Waals surface area contributed by atoms with E-state index in [-0.39, 0.29) is 22.8 Å². The van der Waals surface area contributed by atoms with Gasteiger partial charge in [0, 0.05) is 0 Å². The fraction of sp³-hybridized carbons (Fsp3) is 0.333. The van der Waals surface area contributed by atoms with Crippen LogP contribution in [0.15, 0.2) is 35.7 Å². The highest BCUT2D eigenvalue weighted by atomic mass is 32.2. The van der Waals surface area contributed by atoms with E-state index in [2.05, 4.69) is 6.58 Å². The summed E-state index contributed by atoms with van der Waals surface area (Å²) < 4.78 is 51.4. The summed E-state index contributed by atoms with van der Waals surface area (Å²) in [7, 11) is -7.08. The van der Waals surface area contributed by atoms with E-state index in [0.29, 0.717) is 0 Å². The smallest absolute Gasteiger partial charge is 0.262 e. The van der Waals surface area contributed by atoms with Crippen LogP contribution in [-0.2, 0) is 24.1 Å². The molecular weight excluding hydrogens is 288 g/mol. The lowest BCUT2D eigenvalue weighted by Crippen LogP contribution is -2.19. The molecule has 104 valence electrons. The van der Waals surface area contributed by atoms with Crippen LogP contribution in [0.25, 0.3) is 6.08 Å². The van der Waals surface area contributed by atoms with Gasteiger partial charge in [-0.3, -0.25) is 4.18 Å². The lowest BCUT2D eigenvalue weighted by molar-refractivity contribution is 0.236. The maximum absolute atomic E-state index is 12.0. The van der Waals surface area contributed by atoms with Gasteiger partial charge in [0.15, 0.2) is 9.84 Å². The van der Waals surface area contributed by atoms with Gasteiger partial charge in [0.05, 0.1) is 22.5 Å². The van der Waals surface area contributed by atoms with E-state index in [0.717, 1.165) is 5.56 Å². The first-order valence-corrected chi connectivity index (χ1v) is 8.91. The Morgan fingerprint density at radius 2 is 1.89 bits per heavy atom. The second-order valence-corrected chi connectivity index (χ2v) is 8.15. The Balaban J connectivity index is 2.16. The maximum Gasteiger partial charge on any atom is 0.297 e. The van der Waals surface area contributed by atoms with Crippen LogP contribution >= 0.6 is 0 Å². The summed E-state index contributed by atoms with van der Waals surface area (Å²) in [6.45, 7) is 3.57. The normalized spacial score (nSPS) is 22.2. The van der Waals surface area contributed by atoms with Crippen molar-refractivity contribution in [2.24, 2.45) is 0 Å². The van der Waals surface area contributed by atoms with Gasteiger partial charge < -0.3 is 0 Å². The Labute approximate surface area is 112 Å². The van der Waals surface area contributed by atoms with Gasteiger partial charge in [-0.1, -0.05) is 24.8 Å². The van der Waals surface area contributed by atoms with Crippen LogP contribution in [0.5, 0.6) is 0 Å². The molecule has 0 unspecified atom stereocenters. The van der Waals surface area contributed by atoms with E-state index in [9.17, 15) is 16.8 Å². The number of hydrogen-bond acceptors (Lipinski definition) is 5. The number of rotatable bonds is 4. The van der Waals surface area contributed by atoms with Crippen LogP contribution in [0.2, 0.25) is 0 Å². The minimum absolute atomic E-state index is 0.0161. The molecule has 1 aliphatic heterocycles. The summed E-state index contributed by atoms with van der Waals surface area (Å²) in [4.78, 5) is 0.0161. The SMILES string of the molecule is C=Cc1ccc(S(=O)(=O)O[C@@H]2CCS(=O)(=O)C2)cc1. The van der Waals surface area contributed by atoms with Gasteiger partial charge in [0.25, 0.3) is 10.1 Å². The maximum atomic E-state index is 12.0. The Morgan fingerprint density at radius 3 is 2.37 bits per heavy atom. The van der Waals surface area contributed by atoms with E-state index >= 15 is 0 Å². The summed E-state index contributed by atoms with van der Waals surface area (Å²) in [5.74, 6) is -0.264. The molecule has 1 aromatic carbocycles. The van der Waals surface area contributed by atoms with Gasteiger partial charge in [-0.15, -0.1) is 0 Å². The lowest BCUT2D eigenvalue weighted by Gasteiger charge is -2.10. The molecule has 1 fully saturated rings. The van der Waals surface area contributed by atoms with Gasteiger partial charge in [0.2, 0.25) is 0 Å². The van der Waals surface area contributed by atoms with E-state index in [1.807, 2.05) is 0 Å². The van der Waals surface area contributed by atoms with E-state index in [1.54, 1.807) is 18.2 Å². The Bertz CT molecular complexity index is 671. The molecule has 0 aliphatic carbocycles. The van der Waals surface area contributed by atoms with Crippen LogP contribution in [0, 0.1) is 0 Å². The van der Waals surface area contributed by atoms with Gasteiger partial charge in [0.1, 0.15) is 0 Å². The third-order valence-electron chi connectivity index (χ3n) is 2.86. The van der Waals surface area contributed by atoms with Gasteiger partial charge in [-0.05, 0) is 24.1 Å². The molecule has 2 rings (SSSR count). The third kappa shape index (κ3) is 3.43. The van der Waals surface area contributed by atoms with E-state index in [4.69, 9.17) is 4.18 Å². The van der Waals surface area contributed by atoms with Crippen molar-refractivity contribution in [3.8, 4) is 0 Å². The topological polar surface area (TPSA) is 77.5 Å². The number of benzene rings is 1. The minimum atomic E-state index is -3.92. The molecule has 0 bridgehead atoms. The molecule has 0 radical (unpaired) electrons. The lowest BCUT2D eigenvalue weighted by atomic mass is 10.2. The molecule has 0 aromatic heterocycles. The average Bonchev–Trinajstić information content (AvgIpc) is 2.68. The molecule has 5 nitrogen and oxygen atoms in total. The first-order chi connectivity index (χ1) is 8.82. The van der Waals surface area contributed by atoms with Crippen LogP contribution in [-0.4, -0.2) is 34.4 Å². The predicted molar refractivity (Wildman–Crippen MR) is 71.9 cm³/mol. The molecule has 7 heteroatoms. The molecule has 1 aromatic rings. The first-order valence-electron chi connectivity index (χ1n) is 5.69. The minimum Gasteiger partial charge on any atom is -0.262 e. The van der Waals surface area contributed by atoms with Crippen LogP contribution in [0.4, 0.5) is 0 Å².